The Morgan fingerprint density at radius 1 is 0.630 bits per heavy atom. The summed E-state index contributed by atoms with van der Waals surface area (Å²) in [7, 11) is 0. The summed E-state index contributed by atoms with van der Waals surface area (Å²) in [6.07, 6.45) is -9.41. The van der Waals surface area contributed by atoms with Crippen molar-refractivity contribution in [1.82, 2.24) is 0 Å². The first-order chi connectivity index (χ1) is 12.1. The molecule has 0 saturated carbocycles. The Morgan fingerprint density at radius 3 is 1.44 bits per heavy atom. The van der Waals surface area contributed by atoms with Crippen molar-refractivity contribution in [3.05, 3.63) is 0 Å². The van der Waals surface area contributed by atoms with Gasteiger partial charge in [-0.1, -0.05) is 81.4 Å². The quantitative estimate of drug-likeness (QED) is 0.103. The van der Waals surface area contributed by atoms with E-state index < -0.39 is 33.8 Å². The second kappa shape index (κ2) is 10.2. The minimum atomic E-state index is -6.64. The summed E-state index contributed by atoms with van der Waals surface area (Å²) in [5.41, 5.74) is -5.67. The van der Waals surface area contributed by atoms with E-state index >= 15 is 0 Å². The zero-order valence-electron chi connectivity index (χ0n) is 15.4. The summed E-state index contributed by atoms with van der Waals surface area (Å²) in [5, 5.41) is 0. The van der Waals surface area contributed by atoms with Crippen LogP contribution in [-0.4, -0.2) is 27.4 Å². The molecule has 0 nitrogen and oxygen atoms in total. The van der Waals surface area contributed by atoms with E-state index in [0.29, 0.717) is 12.8 Å². The van der Waals surface area contributed by atoms with Crippen molar-refractivity contribution in [2.45, 2.75) is 105 Å². The summed E-state index contributed by atoms with van der Waals surface area (Å²) in [4.78, 5) is 0. The first-order valence-corrected chi connectivity index (χ1v) is 10.0. The molecule has 2 atom stereocenters. The van der Waals surface area contributed by atoms with Crippen LogP contribution in [0.1, 0.15) is 78.1 Å². The lowest BCUT2D eigenvalue weighted by atomic mass is 9.82. The van der Waals surface area contributed by atoms with Crippen LogP contribution < -0.4 is 0 Å². The summed E-state index contributed by atoms with van der Waals surface area (Å²) >= 11 is 1.41. The lowest BCUT2D eigenvalue weighted by Gasteiger charge is -2.40. The molecule has 0 radical (unpaired) electrons. The van der Waals surface area contributed by atoms with Gasteiger partial charge in [-0.2, -0.15) is 35.1 Å². The monoisotopic (exact) mass is 528 g/mol. The minimum Gasteiger partial charge on any atom is -0.227 e. The number of alkyl halides is 10. The number of unbranched alkanes of at least 4 members (excludes halogenated alkanes) is 6. The Kier molecular flexibility index (Phi) is 10.3. The lowest BCUT2D eigenvalue weighted by Crippen LogP contribution is -2.64. The SMILES string of the molecule is CCCCCCCCCC(I)(CC)CC(F)(C(F)(F)F)C(F)(F)C(F)(F)F. The summed E-state index contributed by atoms with van der Waals surface area (Å²) in [6.45, 7) is 3.39. The van der Waals surface area contributed by atoms with Gasteiger partial charge in [-0.15, -0.1) is 0 Å². The molecule has 0 spiro atoms. The largest absolute Gasteiger partial charge is 0.457 e. The zero-order chi connectivity index (χ0) is 21.6. The van der Waals surface area contributed by atoms with Gasteiger partial charge in [0.05, 0.1) is 0 Å². The highest BCUT2D eigenvalue weighted by Gasteiger charge is 2.81. The van der Waals surface area contributed by atoms with Crippen molar-refractivity contribution in [2.24, 2.45) is 0 Å². The third-order valence-electron chi connectivity index (χ3n) is 4.73. The lowest BCUT2D eigenvalue weighted by molar-refractivity contribution is -0.385. The van der Waals surface area contributed by atoms with Crippen LogP contribution in [-0.2, 0) is 0 Å². The van der Waals surface area contributed by atoms with Gasteiger partial charge in [0, 0.05) is 9.84 Å². The fourth-order valence-corrected chi connectivity index (χ4v) is 3.75. The smallest absolute Gasteiger partial charge is 0.227 e. The molecule has 0 aliphatic heterocycles. The minimum absolute atomic E-state index is 0.0620. The van der Waals surface area contributed by atoms with E-state index in [2.05, 4.69) is 0 Å². The van der Waals surface area contributed by atoms with Crippen LogP contribution in [0.5, 0.6) is 0 Å². The molecule has 0 saturated heterocycles. The first kappa shape index (κ1) is 27.1. The normalized spacial score (nSPS) is 18.2. The van der Waals surface area contributed by atoms with Gasteiger partial charge in [0.2, 0.25) is 0 Å². The van der Waals surface area contributed by atoms with Crippen molar-refractivity contribution >= 4 is 22.6 Å². The standard InChI is InChI=1S/C17H26F9I/c1-3-5-6-7-8-9-10-11-13(27,4-2)12-14(18,16(21,22)23)15(19,20)17(24,25)26/h3-12H2,1-2H3. The summed E-state index contributed by atoms with van der Waals surface area (Å²) < 4.78 is 116. The fraction of sp³-hybridized carbons (Fsp3) is 1.00. The van der Waals surface area contributed by atoms with Crippen LogP contribution in [0.25, 0.3) is 0 Å². The molecule has 10 heteroatoms. The van der Waals surface area contributed by atoms with E-state index in [0.717, 1.165) is 32.1 Å². The molecule has 27 heavy (non-hydrogen) atoms. The predicted octanol–water partition coefficient (Wildman–Crippen LogP) is 8.57. The topological polar surface area (TPSA) is 0 Å². The molecule has 0 heterocycles. The molecule has 164 valence electrons. The van der Waals surface area contributed by atoms with Crippen molar-refractivity contribution in [2.75, 3.05) is 0 Å². The third kappa shape index (κ3) is 7.13. The molecule has 0 aliphatic rings. The molecular weight excluding hydrogens is 502 g/mol. The fourth-order valence-electron chi connectivity index (χ4n) is 2.84. The Hall–Kier alpha value is 0.1000. The Balaban J connectivity index is 5.21. The van der Waals surface area contributed by atoms with Crippen molar-refractivity contribution in [1.29, 1.82) is 0 Å². The van der Waals surface area contributed by atoms with Gasteiger partial charge in [-0.25, -0.2) is 4.39 Å². The molecule has 0 bridgehead atoms. The van der Waals surface area contributed by atoms with Gasteiger partial charge >= 0.3 is 18.3 Å². The highest BCUT2D eigenvalue weighted by atomic mass is 127. The second-order valence-electron chi connectivity index (χ2n) is 6.92. The van der Waals surface area contributed by atoms with Crippen LogP contribution in [0.4, 0.5) is 39.5 Å². The highest BCUT2D eigenvalue weighted by molar-refractivity contribution is 14.1. The molecule has 2 unspecified atom stereocenters. The van der Waals surface area contributed by atoms with E-state index in [1.165, 1.54) is 29.5 Å². The maximum atomic E-state index is 14.4. The number of hydrogen-bond donors (Lipinski definition) is 0. The van der Waals surface area contributed by atoms with E-state index in [1.807, 2.05) is 6.92 Å². The van der Waals surface area contributed by atoms with Gasteiger partial charge in [-0.05, 0) is 12.8 Å². The molecule has 0 aromatic heterocycles. The van der Waals surface area contributed by atoms with Crippen LogP contribution in [0.3, 0.4) is 0 Å². The molecule has 0 aromatic rings. The Bertz CT molecular complexity index is 433. The maximum absolute atomic E-state index is 14.4. The van der Waals surface area contributed by atoms with Crippen LogP contribution in [0.15, 0.2) is 0 Å². The van der Waals surface area contributed by atoms with Crippen molar-refractivity contribution < 1.29 is 39.5 Å². The van der Waals surface area contributed by atoms with Gasteiger partial charge < -0.3 is 0 Å². The number of halogens is 10. The molecule has 0 rings (SSSR count). The molecule has 0 N–H and O–H groups in total. The molecule has 0 aromatic carbocycles. The number of rotatable bonds is 12. The van der Waals surface area contributed by atoms with Gasteiger partial charge in [0.15, 0.2) is 0 Å². The Morgan fingerprint density at radius 2 is 1.07 bits per heavy atom. The predicted molar refractivity (Wildman–Crippen MR) is 95.2 cm³/mol. The first-order valence-electron chi connectivity index (χ1n) is 8.97. The second-order valence-corrected chi connectivity index (χ2v) is 9.21. The van der Waals surface area contributed by atoms with E-state index in [-0.39, 0.29) is 12.8 Å². The van der Waals surface area contributed by atoms with E-state index in [9.17, 15) is 39.5 Å². The van der Waals surface area contributed by atoms with Crippen LogP contribution in [0, 0.1) is 0 Å². The average Bonchev–Trinajstić information content (AvgIpc) is 2.51. The van der Waals surface area contributed by atoms with Gasteiger partial charge in [0.25, 0.3) is 5.67 Å². The maximum Gasteiger partial charge on any atom is 0.457 e. The van der Waals surface area contributed by atoms with E-state index in [1.54, 1.807) is 0 Å². The average molecular weight is 528 g/mol. The summed E-state index contributed by atoms with van der Waals surface area (Å²) in [6, 6.07) is 0. The van der Waals surface area contributed by atoms with Gasteiger partial charge in [-0.3, -0.25) is 0 Å². The van der Waals surface area contributed by atoms with Crippen LogP contribution >= 0.6 is 22.6 Å². The third-order valence-corrected chi connectivity index (χ3v) is 6.41. The zero-order valence-corrected chi connectivity index (χ0v) is 17.5. The van der Waals surface area contributed by atoms with Crippen molar-refractivity contribution in [3.8, 4) is 0 Å². The van der Waals surface area contributed by atoms with Crippen LogP contribution in [0.2, 0.25) is 0 Å². The van der Waals surface area contributed by atoms with Crippen molar-refractivity contribution in [3.63, 3.8) is 0 Å². The van der Waals surface area contributed by atoms with E-state index in [4.69, 9.17) is 0 Å². The molecule has 0 amide bonds. The summed E-state index contributed by atoms with van der Waals surface area (Å²) in [5.74, 6) is -6.52. The van der Waals surface area contributed by atoms with Gasteiger partial charge in [0.1, 0.15) is 0 Å². The molecule has 0 aliphatic carbocycles. The Labute approximate surface area is 167 Å². The molecule has 0 fully saturated rings. The molecular formula is C17H26F9I. The highest BCUT2D eigenvalue weighted by Crippen LogP contribution is 2.57. The number of hydrogen-bond acceptors (Lipinski definition) is 0.